The molecule has 0 atom stereocenters. The molecular weight excluding hydrogens is 472 g/mol. The van der Waals surface area contributed by atoms with Crippen molar-refractivity contribution in [1.82, 2.24) is 0 Å². The summed E-state index contributed by atoms with van der Waals surface area (Å²) in [4.78, 5) is 0. The molecule has 0 radical (unpaired) electrons. The molecule has 0 bridgehead atoms. The highest BCUT2D eigenvalue weighted by molar-refractivity contribution is 6.28. The molecule has 1 aliphatic rings. The second kappa shape index (κ2) is 8.44. The number of phenolic OH excluding ortho intramolecular Hbond substituents is 1. The third kappa shape index (κ3) is 3.20. The number of fused-ring (bicyclic) bond motifs is 4. The quantitative estimate of drug-likeness (QED) is 0.258. The van der Waals surface area contributed by atoms with Crippen LogP contribution < -0.4 is 0 Å². The number of hydrogen-bond acceptors (Lipinski definition) is 1. The Morgan fingerprint density at radius 1 is 0.308 bits per heavy atom. The van der Waals surface area contributed by atoms with Crippen LogP contribution in [0.3, 0.4) is 0 Å². The molecule has 0 saturated heterocycles. The smallest absolute Gasteiger partial charge is 0.115 e. The van der Waals surface area contributed by atoms with Crippen molar-refractivity contribution in [2.45, 2.75) is 0 Å². The molecule has 182 valence electrons. The van der Waals surface area contributed by atoms with Gasteiger partial charge < -0.3 is 5.11 Å². The van der Waals surface area contributed by atoms with Gasteiger partial charge in [0.1, 0.15) is 5.75 Å². The first-order valence-electron chi connectivity index (χ1n) is 13.3. The second-order valence-corrected chi connectivity index (χ2v) is 10.2. The van der Waals surface area contributed by atoms with E-state index in [-0.39, 0.29) is 5.75 Å². The van der Waals surface area contributed by atoms with Crippen LogP contribution in [0, 0.1) is 0 Å². The SMILES string of the molecule is Oc1ccc(-c2ccc3c4c(cccc24)-c2c-3c(-c3ccccc3)c3ccccc3c2-c2ccccc2)cc1. The fourth-order valence-corrected chi connectivity index (χ4v) is 6.50. The lowest BCUT2D eigenvalue weighted by Gasteiger charge is -2.20. The first kappa shape index (κ1) is 21.9. The number of hydrogen-bond donors (Lipinski definition) is 1. The van der Waals surface area contributed by atoms with Crippen LogP contribution >= 0.6 is 0 Å². The van der Waals surface area contributed by atoms with E-state index in [4.69, 9.17) is 0 Å². The fraction of sp³-hybridized carbons (Fsp3) is 0. The highest BCUT2D eigenvalue weighted by Gasteiger charge is 2.30. The molecule has 0 spiro atoms. The van der Waals surface area contributed by atoms with Gasteiger partial charge in [0.05, 0.1) is 0 Å². The maximum absolute atomic E-state index is 9.90. The molecule has 1 aliphatic carbocycles. The molecular formula is C38H24O. The van der Waals surface area contributed by atoms with E-state index in [1.807, 2.05) is 12.1 Å². The summed E-state index contributed by atoms with van der Waals surface area (Å²) in [6.07, 6.45) is 0. The number of phenols is 1. The van der Waals surface area contributed by atoms with E-state index in [0.717, 1.165) is 5.56 Å². The molecule has 0 fully saturated rings. The molecule has 7 aromatic carbocycles. The third-order valence-corrected chi connectivity index (χ3v) is 8.10. The van der Waals surface area contributed by atoms with E-state index in [1.165, 1.54) is 71.6 Å². The van der Waals surface area contributed by atoms with E-state index in [2.05, 4.69) is 115 Å². The lowest BCUT2D eigenvalue weighted by molar-refractivity contribution is 0.475. The molecule has 7 aromatic rings. The minimum atomic E-state index is 0.281. The van der Waals surface area contributed by atoms with E-state index in [0.29, 0.717) is 0 Å². The molecule has 0 amide bonds. The largest absolute Gasteiger partial charge is 0.508 e. The Balaban J connectivity index is 1.57. The van der Waals surface area contributed by atoms with Gasteiger partial charge in [-0.1, -0.05) is 127 Å². The maximum Gasteiger partial charge on any atom is 0.115 e. The normalized spacial score (nSPS) is 11.7. The molecule has 1 N–H and O–H groups in total. The van der Waals surface area contributed by atoms with Gasteiger partial charge in [-0.05, 0) is 89.3 Å². The predicted molar refractivity (Wildman–Crippen MR) is 164 cm³/mol. The van der Waals surface area contributed by atoms with Crippen LogP contribution in [0.2, 0.25) is 0 Å². The fourth-order valence-electron chi connectivity index (χ4n) is 6.50. The van der Waals surface area contributed by atoms with Crippen LogP contribution in [-0.4, -0.2) is 5.11 Å². The zero-order valence-corrected chi connectivity index (χ0v) is 21.2. The summed E-state index contributed by atoms with van der Waals surface area (Å²) in [5.74, 6) is 0.281. The maximum atomic E-state index is 9.90. The third-order valence-electron chi connectivity index (χ3n) is 8.10. The summed E-state index contributed by atoms with van der Waals surface area (Å²) in [7, 11) is 0. The predicted octanol–water partition coefficient (Wildman–Crippen LogP) is 10.3. The molecule has 0 heterocycles. The van der Waals surface area contributed by atoms with Crippen molar-refractivity contribution >= 4 is 21.5 Å². The molecule has 39 heavy (non-hydrogen) atoms. The number of benzene rings is 7. The Morgan fingerprint density at radius 3 is 1.38 bits per heavy atom. The Hall–Kier alpha value is -5.14. The minimum absolute atomic E-state index is 0.281. The zero-order valence-electron chi connectivity index (χ0n) is 21.2. The van der Waals surface area contributed by atoms with Gasteiger partial charge >= 0.3 is 0 Å². The summed E-state index contributed by atoms with van der Waals surface area (Å²) in [6.45, 7) is 0. The van der Waals surface area contributed by atoms with Gasteiger partial charge in [0.25, 0.3) is 0 Å². The van der Waals surface area contributed by atoms with Gasteiger partial charge in [-0.2, -0.15) is 0 Å². The lowest BCUT2D eigenvalue weighted by atomic mass is 9.82. The van der Waals surface area contributed by atoms with Gasteiger partial charge in [-0.15, -0.1) is 0 Å². The zero-order chi connectivity index (χ0) is 25.9. The summed E-state index contributed by atoms with van der Waals surface area (Å²) in [6, 6.07) is 49.3. The Morgan fingerprint density at radius 2 is 0.795 bits per heavy atom. The van der Waals surface area contributed by atoms with Crippen LogP contribution in [0.4, 0.5) is 0 Å². The van der Waals surface area contributed by atoms with Crippen molar-refractivity contribution in [3.05, 3.63) is 140 Å². The van der Waals surface area contributed by atoms with E-state index < -0.39 is 0 Å². The van der Waals surface area contributed by atoms with Gasteiger partial charge in [-0.3, -0.25) is 0 Å². The van der Waals surface area contributed by atoms with Crippen molar-refractivity contribution in [3.63, 3.8) is 0 Å². The molecule has 0 aliphatic heterocycles. The standard InChI is InChI=1S/C38H24O/c39-27-20-18-24(19-21-27)28-22-23-33-36-29(28)16-9-17-32(36)37-34(25-10-3-1-4-11-25)30-14-7-8-15-31(30)35(38(33)37)26-12-5-2-6-13-26/h1-23,39H. The summed E-state index contributed by atoms with van der Waals surface area (Å²) < 4.78 is 0. The van der Waals surface area contributed by atoms with Crippen LogP contribution in [0.25, 0.3) is 77.2 Å². The topological polar surface area (TPSA) is 20.2 Å². The van der Waals surface area contributed by atoms with Crippen molar-refractivity contribution in [3.8, 4) is 61.4 Å². The highest BCUT2D eigenvalue weighted by Crippen LogP contribution is 2.58. The number of aromatic hydroxyl groups is 1. The molecule has 0 unspecified atom stereocenters. The van der Waals surface area contributed by atoms with Crippen LogP contribution in [0.5, 0.6) is 5.75 Å². The molecule has 8 rings (SSSR count). The first-order valence-corrected chi connectivity index (χ1v) is 13.3. The molecule has 1 nitrogen and oxygen atoms in total. The Labute approximate surface area is 227 Å². The highest BCUT2D eigenvalue weighted by atomic mass is 16.3. The molecule has 0 aromatic heterocycles. The van der Waals surface area contributed by atoms with Crippen LogP contribution in [0.15, 0.2) is 140 Å². The summed E-state index contributed by atoms with van der Waals surface area (Å²) >= 11 is 0. The molecule has 1 heteroatoms. The van der Waals surface area contributed by atoms with Crippen molar-refractivity contribution in [2.24, 2.45) is 0 Å². The van der Waals surface area contributed by atoms with E-state index in [9.17, 15) is 5.11 Å². The van der Waals surface area contributed by atoms with Gasteiger partial charge in [0, 0.05) is 0 Å². The molecule has 0 saturated carbocycles. The second-order valence-electron chi connectivity index (χ2n) is 10.2. The average molecular weight is 497 g/mol. The van der Waals surface area contributed by atoms with Crippen molar-refractivity contribution in [2.75, 3.05) is 0 Å². The van der Waals surface area contributed by atoms with Gasteiger partial charge in [0.2, 0.25) is 0 Å². The first-order chi connectivity index (χ1) is 19.3. The average Bonchev–Trinajstić information content (AvgIpc) is 3.32. The monoisotopic (exact) mass is 496 g/mol. The Bertz CT molecular complexity index is 1940. The van der Waals surface area contributed by atoms with Gasteiger partial charge in [0.15, 0.2) is 0 Å². The Kier molecular flexibility index (Phi) is 4.74. The van der Waals surface area contributed by atoms with Crippen molar-refractivity contribution in [1.29, 1.82) is 0 Å². The van der Waals surface area contributed by atoms with Gasteiger partial charge in [-0.25, -0.2) is 0 Å². The number of rotatable bonds is 3. The van der Waals surface area contributed by atoms with Crippen molar-refractivity contribution < 1.29 is 5.11 Å². The lowest BCUT2D eigenvalue weighted by Crippen LogP contribution is -1.93. The summed E-state index contributed by atoms with van der Waals surface area (Å²) in [5.41, 5.74) is 12.5. The van der Waals surface area contributed by atoms with Crippen LogP contribution in [0.1, 0.15) is 0 Å². The van der Waals surface area contributed by atoms with E-state index in [1.54, 1.807) is 12.1 Å². The minimum Gasteiger partial charge on any atom is -0.508 e. The van der Waals surface area contributed by atoms with E-state index >= 15 is 0 Å². The summed E-state index contributed by atoms with van der Waals surface area (Å²) in [5, 5.41) is 15.0. The van der Waals surface area contributed by atoms with Crippen LogP contribution in [-0.2, 0) is 0 Å².